The first kappa shape index (κ1) is 15.8. The Bertz CT molecular complexity index is 426. The summed E-state index contributed by atoms with van der Waals surface area (Å²) in [5.74, 6) is 0.741. The fourth-order valence-electron chi connectivity index (χ4n) is 2.66. The molecule has 1 amide bonds. The Balaban J connectivity index is 1.68. The van der Waals surface area contributed by atoms with Gasteiger partial charge in [-0.1, -0.05) is 30.3 Å². The lowest BCUT2D eigenvalue weighted by atomic mass is 9.93. The first-order valence-corrected chi connectivity index (χ1v) is 7.75. The lowest BCUT2D eigenvalue weighted by Gasteiger charge is -2.31. The number of hydrogen-bond acceptors (Lipinski definition) is 3. The largest absolute Gasteiger partial charge is 0.445 e. The van der Waals surface area contributed by atoms with E-state index in [-0.39, 0.29) is 6.09 Å². The number of carbonyl (C=O) groups excluding carboxylic acids is 1. The van der Waals surface area contributed by atoms with Gasteiger partial charge in [0, 0.05) is 13.1 Å². The molecule has 21 heavy (non-hydrogen) atoms. The highest BCUT2D eigenvalue weighted by molar-refractivity contribution is 5.67. The molecule has 0 unspecified atom stereocenters. The highest BCUT2D eigenvalue weighted by Crippen LogP contribution is 2.21. The Morgan fingerprint density at radius 2 is 1.90 bits per heavy atom. The van der Waals surface area contributed by atoms with E-state index in [1.807, 2.05) is 35.2 Å². The first-order chi connectivity index (χ1) is 10.1. The molecule has 1 fully saturated rings. The van der Waals surface area contributed by atoms with Crippen molar-refractivity contribution in [3.8, 4) is 0 Å². The molecule has 1 aromatic rings. The number of benzene rings is 1. The van der Waals surface area contributed by atoms with Crippen molar-refractivity contribution in [2.24, 2.45) is 5.92 Å². The quantitative estimate of drug-likeness (QED) is 0.836. The maximum absolute atomic E-state index is 12.0. The van der Waals surface area contributed by atoms with Gasteiger partial charge < -0.3 is 14.5 Å². The van der Waals surface area contributed by atoms with Gasteiger partial charge in [-0.15, -0.1) is 0 Å². The third-order valence-corrected chi connectivity index (χ3v) is 4.06. The van der Waals surface area contributed by atoms with Crippen molar-refractivity contribution in [2.45, 2.75) is 25.9 Å². The lowest BCUT2D eigenvalue weighted by Crippen LogP contribution is -2.39. The average molecular weight is 290 g/mol. The van der Waals surface area contributed by atoms with E-state index in [4.69, 9.17) is 4.74 Å². The van der Waals surface area contributed by atoms with Gasteiger partial charge in [0.25, 0.3) is 0 Å². The Morgan fingerprint density at radius 3 is 2.52 bits per heavy atom. The second-order valence-electron chi connectivity index (χ2n) is 6.06. The van der Waals surface area contributed by atoms with Crippen LogP contribution in [0.3, 0.4) is 0 Å². The topological polar surface area (TPSA) is 32.8 Å². The van der Waals surface area contributed by atoms with E-state index in [0.717, 1.165) is 44.0 Å². The molecule has 0 radical (unpaired) electrons. The predicted molar refractivity (Wildman–Crippen MR) is 84.1 cm³/mol. The number of nitrogens with zero attached hydrogens (tertiary/aromatic N) is 2. The Kier molecular flexibility index (Phi) is 6.05. The van der Waals surface area contributed by atoms with E-state index in [2.05, 4.69) is 19.0 Å². The molecule has 4 nitrogen and oxygen atoms in total. The molecular formula is C17H26N2O2. The summed E-state index contributed by atoms with van der Waals surface area (Å²) in [5, 5.41) is 0. The van der Waals surface area contributed by atoms with Crippen molar-refractivity contribution >= 4 is 6.09 Å². The maximum atomic E-state index is 12.0. The monoisotopic (exact) mass is 290 g/mol. The van der Waals surface area contributed by atoms with Crippen LogP contribution >= 0.6 is 0 Å². The summed E-state index contributed by atoms with van der Waals surface area (Å²) >= 11 is 0. The van der Waals surface area contributed by atoms with Gasteiger partial charge in [0.15, 0.2) is 0 Å². The highest BCUT2D eigenvalue weighted by Gasteiger charge is 2.23. The third kappa shape index (κ3) is 5.38. The third-order valence-electron chi connectivity index (χ3n) is 4.06. The van der Waals surface area contributed by atoms with E-state index in [1.165, 1.54) is 6.42 Å². The van der Waals surface area contributed by atoms with Gasteiger partial charge >= 0.3 is 6.09 Å². The van der Waals surface area contributed by atoms with Crippen molar-refractivity contribution in [3.63, 3.8) is 0 Å². The smallest absolute Gasteiger partial charge is 0.410 e. The van der Waals surface area contributed by atoms with Crippen LogP contribution < -0.4 is 0 Å². The van der Waals surface area contributed by atoms with Crippen molar-refractivity contribution in [3.05, 3.63) is 35.9 Å². The summed E-state index contributed by atoms with van der Waals surface area (Å²) in [7, 11) is 4.21. The van der Waals surface area contributed by atoms with Crippen LogP contribution in [0.15, 0.2) is 30.3 Å². The molecule has 1 aromatic carbocycles. The van der Waals surface area contributed by atoms with Gasteiger partial charge in [0.1, 0.15) is 6.61 Å². The standard InChI is InChI=1S/C17H26N2O2/c1-18(2)11-8-15-9-12-19(13-10-15)17(20)21-14-16-6-4-3-5-7-16/h3-7,15H,8-14H2,1-2H3. The minimum absolute atomic E-state index is 0.176. The van der Waals surface area contributed by atoms with Crippen molar-refractivity contribution < 1.29 is 9.53 Å². The number of piperidine rings is 1. The van der Waals surface area contributed by atoms with Crippen LogP contribution in [-0.4, -0.2) is 49.6 Å². The minimum Gasteiger partial charge on any atom is -0.445 e. The molecule has 1 saturated heterocycles. The van der Waals surface area contributed by atoms with Gasteiger partial charge in [-0.3, -0.25) is 0 Å². The zero-order valence-corrected chi connectivity index (χ0v) is 13.1. The lowest BCUT2D eigenvalue weighted by molar-refractivity contribution is 0.0808. The summed E-state index contributed by atoms with van der Waals surface area (Å²) in [4.78, 5) is 16.1. The van der Waals surface area contributed by atoms with Crippen LogP contribution in [0.1, 0.15) is 24.8 Å². The second-order valence-corrected chi connectivity index (χ2v) is 6.06. The average Bonchev–Trinajstić information content (AvgIpc) is 2.52. The van der Waals surface area contributed by atoms with Crippen molar-refractivity contribution in [2.75, 3.05) is 33.7 Å². The van der Waals surface area contributed by atoms with E-state index in [9.17, 15) is 4.79 Å². The molecule has 0 saturated carbocycles. The Labute approximate surface area is 127 Å². The fourth-order valence-corrected chi connectivity index (χ4v) is 2.66. The number of carbonyl (C=O) groups is 1. The predicted octanol–water partition coefficient (Wildman–Crippen LogP) is 2.99. The number of ether oxygens (including phenoxy) is 1. The first-order valence-electron chi connectivity index (χ1n) is 7.75. The van der Waals surface area contributed by atoms with E-state index < -0.39 is 0 Å². The van der Waals surface area contributed by atoms with Gasteiger partial charge in [-0.05, 0) is 51.4 Å². The van der Waals surface area contributed by atoms with Crippen molar-refractivity contribution in [1.29, 1.82) is 0 Å². The van der Waals surface area contributed by atoms with Gasteiger partial charge in [-0.25, -0.2) is 4.79 Å². The SMILES string of the molecule is CN(C)CCC1CCN(C(=O)OCc2ccccc2)CC1. The van der Waals surface area contributed by atoms with Crippen LogP contribution in [0.2, 0.25) is 0 Å². The highest BCUT2D eigenvalue weighted by atomic mass is 16.6. The molecule has 0 aliphatic carbocycles. The van der Waals surface area contributed by atoms with Gasteiger partial charge in [0.2, 0.25) is 0 Å². The molecule has 0 atom stereocenters. The molecule has 2 rings (SSSR count). The zero-order valence-electron chi connectivity index (χ0n) is 13.1. The van der Waals surface area contributed by atoms with Crippen LogP contribution in [0.5, 0.6) is 0 Å². The number of rotatable bonds is 5. The summed E-state index contributed by atoms with van der Waals surface area (Å²) in [6.45, 7) is 3.14. The second kappa shape index (κ2) is 8.03. The molecule has 1 aliphatic rings. The Morgan fingerprint density at radius 1 is 1.24 bits per heavy atom. The number of amides is 1. The fraction of sp³-hybridized carbons (Fsp3) is 0.588. The molecule has 0 bridgehead atoms. The van der Waals surface area contributed by atoms with E-state index in [1.54, 1.807) is 0 Å². The molecule has 0 spiro atoms. The molecule has 1 aliphatic heterocycles. The van der Waals surface area contributed by atoms with E-state index >= 15 is 0 Å². The number of hydrogen-bond donors (Lipinski definition) is 0. The molecule has 1 heterocycles. The zero-order chi connectivity index (χ0) is 15.1. The maximum Gasteiger partial charge on any atom is 0.410 e. The Hall–Kier alpha value is -1.55. The molecule has 116 valence electrons. The van der Waals surface area contributed by atoms with Crippen molar-refractivity contribution in [1.82, 2.24) is 9.80 Å². The summed E-state index contributed by atoms with van der Waals surface area (Å²) in [6, 6.07) is 9.82. The van der Waals surface area contributed by atoms with Gasteiger partial charge in [-0.2, -0.15) is 0 Å². The molecule has 0 aromatic heterocycles. The molecular weight excluding hydrogens is 264 g/mol. The van der Waals surface area contributed by atoms with Crippen LogP contribution in [0.4, 0.5) is 4.79 Å². The summed E-state index contributed by atoms with van der Waals surface area (Å²) in [6.07, 6.45) is 3.23. The van der Waals surface area contributed by atoms with Crippen LogP contribution in [0.25, 0.3) is 0 Å². The molecule has 0 N–H and O–H groups in total. The minimum atomic E-state index is -0.176. The van der Waals surface area contributed by atoms with Gasteiger partial charge in [0.05, 0.1) is 0 Å². The summed E-state index contributed by atoms with van der Waals surface area (Å²) in [5.41, 5.74) is 1.03. The van der Waals surface area contributed by atoms with E-state index in [0.29, 0.717) is 6.61 Å². The molecule has 4 heteroatoms. The number of likely N-dealkylation sites (tertiary alicyclic amines) is 1. The summed E-state index contributed by atoms with van der Waals surface area (Å²) < 4.78 is 5.38. The van der Waals surface area contributed by atoms with Crippen LogP contribution in [0, 0.1) is 5.92 Å². The normalized spacial score (nSPS) is 16.2. The van der Waals surface area contributed by atoms with Crippen LogP contribution in [-0.2, 0) is 11.3 Å².